The van der Waals surface area contributed by atoms with Gasteiger partial charge in [-0.1, -0.05) is 13.3 Å². The van der Waals surface area contributed by atoms with E-state index in [1.807, 2.05) is 6.92 Å². The largest absolute Gasteiger partial charge is 0.453 e. The zero-order valence-electron chi connectivity index (χ0n) is 10.4. The number of carbonyl (C=O) groups is 1. The Balaban J connectivity index is 2.73. The van der Waals surface area contributed by atoms with Gasteiger partial charge in [-0.3, -0.25) is 10.2 Å². The van der Waals surface area contributed by atoms with Crippen molar-refractivity contribution in [2.45, 2.75) is 45.6 Å². The zero-order valence-corrected chi connectivity index (χ0v) is 11.3. The molecule has 2 unspecified atom stereocenters. The predicted octanol–water partition coefficient (Wildman–Crippen LogP) is 1.32. The zero-order chi connectivity index (χ0) is 13.1. The number of nitrogens with two attached hydrogens (primary N) is 1. The smallest absolute Gasteiger partial charge is 0.310 e. The van der Waals surface area contributed by atoms with E-state index in [0.717, 1.165) is 12.8 Å². The van der Waals surface area contributed by atoms with Crippen LogP contribution in [0.2, 0.25) is 0 Å². The van der Waals surface area contributed by atoms with E-state index in [4.69, 9.17) is 10.5 Å². The number of rotatable bonds is 4. The molecule has 1 heterocycles. The van der Waals surface area contributed by atoms with Gasteiger partial charge in [-0.05, 0) is 32.5 Å². The molecule has 0 radical (unpaired) electrons. The van der Waals surface area contributed by atoms with Crippen molar-refractivity contribution in [3.63, 3.8) is 0 Å². The normalized spacial score (nSPS) is 29.0. The van der Waals surface area contributed by atoms with Crippen LogP contribution in [0.1, 0.15) is 40.0 Å². The fourth-order valence-corrected chi connectivity index (χ4v) is 1.99. The SMILES string of the molecule is CCCC1CC(C)(/C(C)=N\NC(N)=S)OC1=O. The highest BCUT2D eigenvalue weighted by molar-refractivity contribution is 7.80. The van der Waals surface area contributed by atoms with Gasteiger partial charge in [-0.25, -0.2) is 0 Å². The average molecular weight is 257 g/mol. The molecule has 17 heavy (non-hydrogen) atoms. The number of hydrogen-bond acceptors (Lipinski definition) is 4. The summed E-state index contributed by atoms with van der Waals surface area (Å²) in [6, 6.07) is 0. The van der Waals surface area contributed by atoms with Gasteiger partial charge in [-0.15, -0.1) is 0 Å². The van der Waals surface area contributed by atoms with Crippen molar-refractivity contribution in [1.82, 2.24) is 5.43 Å². The third-order valence-corrected chi connectivity index (χ3v) is 3.12. The lowest BCUT2D eigenvalue weighted by Gasteiger charge is -2.22. The van der Waals surface area contributed by atoms with Gasteiger partial charge in [0, 0.05) is 6.42 Å². The lowest BCUT2D eigenvalue weighted by molar-refractivity contribution is -0.146. The molecule has 0 saturated carbocycles. The van der Waals surface area contributed by atoms with E-state index in [9.17, 15) is 4.79 Å². The molecule has 1 aliphatic heterocycles. The van der Waals surface area contributed by atoms with Crippen molar-refractivity contribution in [3.8, 4) is 0 Å². The molecule has 1 fully saturated rings. The second-order valence-electron chi connectivity index (χ2n) is 4.51. The molecule has 0 aromatic heterocycles. The lowest BCUT2D eigenvalue weighted by Crippen LogP contribution is -2.36. The van der Waals surface area contributed by atoms with Crippen LogP contribution in [-0.4, -0.2) is 22.4 Å². The average Bonchev–Trinajstić information content (AvgIpc) is 2.52. The van der Waals surface area contributed by atoms with Crippen LogP contribution in [0.5, 0.6) is 0 Å². The van der Waals surface area contributed by atoms with Crippen LogP contribution in [0.15, 0.2) is 5.10 Å². The summed E-state index contributed by atoms with van der Waals surface area (Å²) in [6.45, 7) is 5.71. The topological polar surface area (TPSA) is 76.7 Å². The van der Waals surface area contributed by atoms with Gasteiger partial charge in [0.2, 0.25) is 0 Å². The van der Waals surface area contributed by atoms with Gasteiger partial charge >= 0.3 is 5.97 Å². The Morgan fingerprint density at radius 3 is 2.94 bits per heavy atom. The first-order chi connectivity index (χ1) is 7.89. The second-order valence-corrected chi connectivity index (χ2v) is 4.95. The van der Waals surface area contributed by atoms with Crippen molar-refractivity contribution < 1.29 is 9.53 Å². The molecule has 2 atom stereocenters. The van der Waals surface area contributed by atoms with E-state index >= 15 is 0 Å². The third-order valence-electron chi connectivity index (χ3n) is 3.03. The quantitative estimate of drug-likeness (QED) is 0.344. The molecule has 0 aromatic rings. The predicted molar refractivity (Wildman–Crippen MR) is 70.5 cm³/mol. The molecule has 1 aliphatic rings. The third kappa shape index (κ3) is 3.39. The van der Waals surface area contributed by atoms with Crippen LogP contribution in [0, 0.1) is 5.92 Å². The number of nitrogens with zero attached hydrogens (tertiary/aromatic N) is 1. The van der Waals surface area contributed by atoms with E-state index in [1.165, 1.54) is 0 Å². The van der Waals surface area contributed by atoms with E-state index in [2.05, 4.69) is 29.7 Å². The van der Waals surface area contributed by atoms with Gasteiger partial charge in [0.05, 0.1) is 11.6 Å². The first-order valence-corrected chi connectivity index (χ1v) is 6.13. The summed E-state index contributed by atoms with van der Waals surface area (Å²) in [4.78, 5) is 11.7. The molecule has 0 amide bonds. The molecule has 6 heteroatoms. The Kier molecular flexibility index (Phi) is 4.45. The molecule has 0 bridgehead atoms. The number of hydrazone groups is 1. The van der Waals surface area contributed by atoms with E-state index in [0.29, 0.717) is 12.1 Å². The van der Waals surface area contributed by atoms with Crippen LogP contribution in [0.3, 0.4) is 0 Å². The van der Waals surface area contributed by atoms with Crippen molar-refractivity contribution >= 4 is 29.0 Å². The summed E-state index contributed by atoms with van der Waals surface area (Å²) in [6.07, 6.45) is 2.48. The molecule has 1 saturated heterocycles. The molecular weight excluding hydrogens is 238 g/mol. The summed E-state index contributed by atoms with van der Waals surface area (Å²) >= 11 is 4.66. The van der Waals surface area contributed by atoms with Gasteiger partial charge in [0.1, 0.15) is 5.60 Å². The van der Waals surface area contributed by atoms with E-state index in [-0.39, 0.29) is 17.0 Å². The van der Waals surface area contributed by atoms with Gasteiger partial charge < -0.3 is 10.5 Å². The van der Waals surface area contributed by atoms with Crippen LogP contribution in [0.25, 0.3) is 0 Å². The molecule has 96 valence electrons. The highest BCUT2D eigenvalue weighted by atomic mass is 32.1. The summed E-state index contributed by atoms with van der Waals surface area (Å²) < 4.78 is 5.41. The van der Waals surface area contributed by atoms with E-state index < -0.39 is 5.60 Å². The monoisotopic (exact) mass is 257 g/mol. The number of hydrogen-bond donors (Lipinski definition) is 2. The first-order valence-electron chi connectivity index (χ1n) is 5.72. The van der Waals surface area contributed by atoms with Crippen LogP contribution in [-0.2, 0) is 9.53 Å². The highest BCUT2D eigenvalue weighted by Crippen LogP contribution is 2.34. The van der Waals surface area contributed by atoms with E-state index in [1.54, 1.807) is 6.92 Å². The Morgan fingerprint density at radius 2 is 2.41 bits per heavy atom. The molecule has 1 rings (SSSR count). The first kappa shape index (κ1) is 13.9. The number of thiocarbonyl (C=S) groups is 1. The number of ether oxygens (including phenoxy) is 1. The van der Waals surface area contributed by atoms with Crippen LogP contribution < -0.4 is 11.2 Å². The second kappa shape index (κ2) is 5.44. The fraction of sp³-hybridized carbons (Fsp3) is 0.727. The summed E-state index contributed by atoms with van der Waals surface area (Å²) in [7, 11) is 0. The summed E-state index contributed by atoms with van der Waals surface area (Å²) in [5.41, 5.74) is 7.84. The Hall–Kier alpha value is -1.17. The standard InChI is InChI=1S/C11H19N3O2S/c1-4-5-8-6-11(3,16-9(8)15)7(2)13-14-10(12)17/h8H,4-6H2,1-3H3,(H3,12,14,17)/b13-7-. The maximum absolute atomic E-state index is 11.7. The highest BCUT2D eigenvalue weighted by Gasteiger charge is 2.45. The van der Waals surface area contributed by atoms with Crippen LogP contribution in [0.4, 0.5) is 0 Å². The van der Waals surface area contributed by atoms with Crippen molar-refractivity contribution in [2.75, 3.05) is 0 Å². The summed E-state index contributed by atoms with van der Waals surface area (Å²) in [5, 5.41) is 4.13. The van der Waals surface area contributed by atoms with Gasteiger partial charge in [0.25, 0.3) is 0 Å². The maximum atomic E-state index is 11.7. The van der Waals surface area contributed by atoms with Gasteiger partial charge in [-0.2, -0.15) is 5.10 Å². The van der Waals surface area contributed by atoms with Crippen molar-refractivity contribution in [1.29, 1.82) is 0 Å². The summed E-state index contributed by atoms with van der Waals surface area (Å²) in [5.74, 6) is -0.167. The Labute approximate surface area is 107 Å². The number of carbonyl (C=O) groups excluding carboxylic acids is 1. The molecule has 3 N–H and O–H groups in total. The maximum Gasteiger partial charge on any atom is 0.310 e. The minimum Gasteiger partial charge on any atom is -0.453 e. The molecule has 0 aromatic carbocycles. The lowest BCUT2D eigenvalue weighted by atomic mass is 9.90. The van der Waals surface area contributed by atoms with Crippen LogP contribution >= 0.6 is 12.2 Å². The van der Waals surface area contributed by atoms with Crippen molar-refractivity contribution in [2.24, 2.45) is 16.8 Å². The molecule has 5 nitrogen and oxygen atoms in total. The number of esters is 1. The minimum atomic E-state index is -0.644. The Morgan fingerprint density at radius 1 is 1.76 bits per heavy atom. The number of cyclic esters (lactones) is 1. The molecule has 0 spiro atoms. The Bertz CT molecular complexity index is 357. The van der Waals surface area contributed by atoms with Gasteiger partial charge in [0.15, 0.2) is 5.11 Å². The minimum absolute atomic E-state index is 0.0278. The molecular formula is C11H19N3O2S. The fourth-order valence-electron chi connectivity index (χ4n) is 1.95. The number of nitrogens with one attached hydrogen (secondary N) is 1. The molecule has 0 aliphatic carbocycles. The van der Waals surface area contributed by atoms with Crippen molar-refractivity contribution in [3.05, 3.63) is 0 Å².